The van der Waals surface area contributed by atoms with E-state index in [1.165, 1.54) is 0 Å². The van der Waals surface area contributed by atoms with Crippen LogP contribution in [-0.4, -0.2) is 41.7 Å². The van der Waals surface area contributed by atoms with Crippen molar-refractivity contribution in [1.82, 2.24) is 4.90 Å². The van der Waals surface area contributed by atoms with Gasteiger partial charge >= 0.3 is 0 Å². The number of thiocarbonyl (C=S) groups is 1. The number of nitrogens with two attached hydrogens (primary N) is 1. The van der Waals surface area contributed by atoms with Gasteiger partial charge in [-0.05, 0) is 13.5 Å². The fraction of sp³-hybridized carbons (Fsp3) is 0.857. The normalized spacial score (nSPS) is 10.5. The smallest absolute Gasteiger partial charge is 0.0740 e. The van der Waals surface area contributed by atoms with Crippen LogP contribution in [0.25, 0.3) is 0 Å². The van der Waals surface area contributed by atoms with Gasteiger partial charge in [0.05, 0.1) is 4.99 Å². The Morgan fingerprint density at radius 2 is 2.18 bits per heavy atom. The highest BCUT2D eigenvalue weighted by molar-refractivity contribution is 7.80. The molecule has 11 heavy (non-hydrogen) atoms. The first-order valence-corrected chi connectivity index (χ1v) is 4.15. The van der Waals surface area contributed by atoms with Crippen LogP contribution in [0.1, 0.15) is 12.8 Å². The minimum absolute atomic E-state index is 0.247. The molecule has 0 fully saturated rings. The largest absolute Gasteiger partial charge is 0.396 e. The minimum Gasteiger partial charge on any atom is -0.396 e. The van der Waals surface area contributed by atoms with Crippen LogP contribution >= 0.6 is 12.2 Å². The molecule has 3 nitrogen and oxygen atoms in total. The maximum atomic E-state index is 8.52. The highest BCUT2D eigenvalue weighted by atomic mass is 32.1. The zero-order chi connectivity index (χ0) is 8.69. The first-order valence-electron chi connectivity index (χ1n) is 3.74. The molecule has 0 spiro atoms. The molecule has 0 amide bonds. The van der Waals surface area contributed by atoms with Crippen molar-refractivity contribution in [3.63, 3.8) is 0 Å². The molecule has 0 saturated heterocycles. The second kappa shape index (κ2) is 6.52. The van der Waals surface area contributed by atoms with Crippen LogP contribution in [0.15, 0.2) is 0 Å². The van der Waals surface area contributed by atoms with Crippen LogP contribution in [0.5, 0.6) is 0 Å². The molecule has 0 aliphatic rings. The second-order valence-electron chi connectivity index (χ2n) is 2.60. The van der Waals surface area contributed by atoms with Gasteiger partial charge in [-0.25, -0.2) is 0 Å². The molecular formula is C7H16N2OS. The van der Waals surface area contributed by atoms with Crippen molar-refractivity contribution in [3.05, 3.63) is 0 Å². The summed E-state index contributed by atoms with van der Waals surface area (Å²) in [5.41, 5.74) is 5.32. The molecule has 0 aromatic carbocycles. The lowest BCUT2D eigenvalue weighted by atomic mass is 10.3. The first kappa shape index (κ1) is 10.8. The molecule has 0 rings (SSSR count). The highest BCUT2D eigenvalue weighted by Crippen LogP contribution is 1.89. The Labute approximate surface area is 73.2 Å². The Hall–Kier alpha value is -0.190. The number of aliphatic hydroxyl groups is 1. The lowest BCUT2D eigenvalue weighted by Crippen LogP contribution is -2.25. The van der Waals surface area contributed by atoms with Gasteiger partial charge < -0.3 is 15.7 Å². The van der Waals surface area contributed by atoms with Crippen molar-refractivity contribution in [2.75, 3.05) is 26.7 Å². The summed E-state index contributed by atoms with van der Waals surface area (Å²) in [5, 5.41) is 8.52. The van der Waals surface area contributed by atoms with Gasteiger partial charge in [-0.2, -0.15) is 0 Å². The lowest BCUT2D eigenvalue weighted by molar-refractivity contribution is 0.250. The van der Waals surface area contributed by atoms with Gasteiger partial charge in [0, 0.05) is 26.1 Å². The predicted molar refractivity (Wildman–Crippen MR) is 50.6 cm³/mol. The second-order valence-corrected chi connectivity index (χ2v) is 3.12. The van der Waals surface area contributed by atoms with E-state index in [2.05, 4.69) is 4.90 Å². The van der Waals surface area contributed by atoms with Crippen LogP contribution in [0.2, 0.25) is 0 Å². The average molecular weight is 176 g/mol. The van der Waals surface area contributed by atoms with Gasteiger partial charge in [0.1, 0.15) is 0 Å². The molecule has 3 N–H and O–H groups in total. The Bertz CT molecular complexity index is 119. The molecule has 0 aliphatic carbocycles. The third kappa shape index (κ3) is 7.71. The molecular weight excluding hydrogens is 160 g/mol. The Balaban J connectivity index is 3.22. The van der Waals surface area contributed by atoms with Gasteiger partial charge in [0.15, 0.2) is 0 Å². The molecule has 0 aromatic rings. The molecule has 0 bridgehead atoms. The van der Waals surface area contributed by atoms with E-state index < -0.39 is 0 Å². The number of aliphatic hydroxyl groups excluding tert-OH is 1. The van der Waals surface area contributed by atoms with Crippen molar-refractivity contribution >= 4 is 17.2 Å². The van der Waals surface area contributed by atoms with Crippen molar-refractivity contribution in [2.45, 2.75) is 12.8 Å². The third-order valence-corrected chi connectivity index (χ3v) is 1.64. The van der Waals surface area contributed by atoms with E-state index in [1.807, 2.05) is 7.05 Å². The summed E-state index contributed by atoms with van der Waals surface area (Å²) >= 11 is 4.73. The van der Waals surface area contributed by atoms with Gasteiger partial charge in [-0.15, -0.1) is 0 Å². The van der Waals surface area contributed by atoms with E-state index in [-0.39, 0.29) is 6.61 Å². The average Bonchev–Trinajstić information content (AvgIpc) is 1.97. The lowest BCUT2D eigenvalue weighted by Gasteiger charge is -2.14. The fourth-order valence-electron chi connectivity index (χ4n) is 0.753. The number of nitrogens with zero attached hydrogens (tertiary/aromatic N) is 1. The van der Waals surface area contributed by atoms with Gasteiger partial charge in [-0.3, -0.25) is 0 Å². The molecule has 0 aromatic heterocycles. The van der Waals surface area contributed by atoms with E-state index in [0.717, 1.165) is 25.9 Å². The summed E-state index contributed by atoms with van der Waals surface area (Å²) in [7, 11) is 1.99. The SMILES string of the molecule is CN(CCCO)CCC(N)=S. The van der Waals surface area contributed by atoms with E-state index in [1.54, 1.807) is 0 Å². The van der Waals surface area contributed by atoms with Crippen molar-refractivity contribution < 1.29 is 5.11 Å². The van der Waals surface area contributed by atoms with Crippen LogP contribution in [0, 0.1) is 0 Å². The molecule has 0 unspecified atom stereocenters. The fourth-order valence-corrected chi connectivity index (χ4v) is 0.845. The molecule has 4 heteroatoms. The molecule has 66 valence electrons. The quantitative estimate of drug-likeness (QED) is 0.558. The van der Waals surface area contributed by atoms with Gasteiger partial charge in [-0.1, -0.05) is 12.2 Å². The van der Waals surface area contributed by atoms with Gasteiger partial charge in [0.25, 0.3) is 0 Å². The van der Waals surface area contributed by atoms with Crippen LogP contribution < -0.4 is 5.73 Å². The number of hydrogen-bond donors (Lipinski definition) is 2. The molecule has 0 heterocycles. The van der Waals surface area contributed by atoms with Crippen LogP contribution in [0.4, 0.5) is 0 Å². The zero-order valence-electron chi connectivity index (χ0n) is 6.92. The molecule has 0 radical (unpaired) electrons. The predicted octanol–water partition coefficient (Wildman–Crippen LogP) is -0.0232. The van der Waals surface area contributed by atoms with E-state index in [9.17, 15) is 0 Å². The number of hydrogen-bond acceptors (Lipinski definition) is 3. The number of rotatable bonds is 6. The topological polar surface area (TPSA) is 49.5 Å². The van der Waals surface area contributed by atoms with Crippen molar-refractivity contribution in [1.29, 1.82) is 0 Å². The molecule has 0 atom stereocenters. The summed E-state index contributed by atoms with van der Waals surface area (Å²) in [6.45, 7) is 2.03. The monoisotopic (exact) mass is 176 g/mol. The zero-order valence-corrected chi connectivity index (χ0v) is 7.73. The minimum atomic E-state index is 0.247. The Kier molecular flexibility index (Phi) is 6.40. The van der Waals surface area contributed by atoms with Crippen molar-refractivity contribution in [2.24, 2.45) is 5.73 Å². The van der Waals surface area contributed by atoms with Crippen LogP contribution in [-0.2, 0) is 0 Å². The standard InChI is InChI=1S/C7H16N2OS/c1-9(4-2-6-10)5-3-7(8)11/h10H,2-6H2,1H3,(H2,8,11). The first-order chi connectivity index (χ1) is 5.16. The summed E-state index contributed by atoms with van der Waals surface area (Å²) in [6, 6.07) is 0. The van der Waals surface area contributed by atoms with E-state index in [4.69, 9.17) is 23.1 Å². The molecule has 0 aliphatic heterocycles. The summed E-state index contributed by atoms with van der Waals surface area (Å²) in [4.78, 5) is 2.66. The molecule has 0 saturated carbocycles. The third-order valence-electron chi connectivity index (χ3n) is 1.44. The van der Waals surface area contributed by atoms with Gasteiger partial charge in [0.2, 0.25) is 0 Å². The maximum absolute atomic E-state index is 8.52. The summed E-state index contributed by atoms with van der Waals surface area (Å²) in [6.07, 6.45) is 1.57. The van der Waals surface area contributed by atoms with E-state index in [0.29, 0.717) is 4.99 Å². The van der Waals surface area contributed by atoms with Crippen LogP contribution in [0.3, 0.4) is 0 Å². The Morgan fingerprint density at radius 1 is 1.55 bits per heavy atom. The summed E-state index contributed by atoms with van der Waals surface area (Å²) in [5.74, 6) is 0. The van der Waals surface area contributed by atoms with Crippen molar-refractivity contribution in [3.8, 4) is 0 Å². The maximum Gasteiger partial charge on any atom is 0.0740 e. The Morgan fingerprint density at radius 3 is 2.64 bits per heavy atom. The summed E-state index contributed by atoms with van der Waals surface area (Å²) < 4.78 is 0. The highest BCUT2D eigenvalue weighted by Gasteiger charge is 1.97. The van der Waals surface area contributed by atoms with E-state index >= 15 is 0 Å².